The molecule has 0 aliphatic rings. The van der Waals surface area contributed by atoms with Crippen molar-refractivity contribution >= 4 is 11.9 Å². The highest BCUT2D eigenvalue weighted by Gasteiger charge is 2.18. The number of aromatic nitrogens is 2. The first kappa shape index (κ1) is 21.5. The first-order valence-corrected chi connectivity index (χ1v) is 8.99. The molecular formula is C20H28N4O4. The average molecular weight is 388 g/mol. The van der Waals surface area contributed by atoms with Crippen LogP contribution < -0.4 is 0 Å². The van der Waals surface area contributed by atoms with E-state index < -0.39 is 24.4 Å². The molecular weight excluding hydrogens is 360 g/mol. The molecule has 2 aromatic rings. The molecule has 0 saturated carbocycles. The average Bonchev–Trinajstić information content (AvgIpc) is 3.32. The largest absolute Gasteiger partial charge is 0.441 e. The molecule has 28 heavy (non-hydrogen) atoms. The van der Waals surface area contributed by atoms with Gasteiger partial charge in [-0.3, -0.25) is 9.80 Å². The van der Waals surface area contributed by atoms with Crippen LogP contribution in [0.25, 0.3) is 0 Å². The molecule has 2 heterocycles. The SMILES string of the molecule is CN(C)C(Cn1cccc1)OC(=O)/C=C/C(=O)OC(Cn1cccc1)N(C)C. The maximum atomic E-state index is 12.1. The van der Waals surface area contributed by atoms with Crippen molar-refractivity contribution in [2.75, 3.05) is 28.2 Å². The van der Waals surface area contributed by atoms with Gasteiger partial charge < -0.3 is 18.6 Å². The van der Waals surface area contributed by atoms with E-state index in [4.69, 9.17) is 9.47 Å². The van der Waals surface area contributed by atoms with Gasteiger partial charge >= 0.3 is 11.9 Å². The Kier molecular flexibility index (Phi) is 8.03. The molecule has 2 rings (SSSR count). The molecule has 0 saturated heterocycles. The Balaban J connectivity index is 1.87. The summed E-state index contributed by atoms with van der Waals surface area (Å²) in [6.45, 7) is 0.979. The van der Waals surface area contributed by atoms with Crippen molar-refractivity contribution in [2.45, 2.75) is 25.5 Å². The van der Waals surface area contributed by atoms with E-state index in [0.29, 0.717) is 13.1 Å². The summed E-state index contributed by atoms with van der Waals surface area (Å²) in [6.07, 6.45) is 8.85. The minimum Gasteiger partial charge on any atom is -0.441 e. The fourth-order valence-corrected chi connectivity index (χ4v) is 2.44. The Hall–Kier alpha value is -2.84. The number of carbonyl (C=O) groups excluding carboxylic acids is 2. The lowest BCUT2D eigenvalue weighted by Crippen LogP contribution is -2.36. The van der Waals surface area contributed by atoms with Gasteiger partial charge in [0, 0.05) is 36.9 Å². The zero-order valence-electron chi connectivity index (χ0n) is 16.8. The lowest BCUT2D eigenvalue weighted by molar-refractivity contribution is -0.154. The van der Waals surface area contributed by atoms with Crippen molar-refractivity contribution in [3.05, 3.63) is 61.2 Å². The predicted octanol–water partition coefficient (Wildman–Crippen LogP) is 1.41. The summed E-state index contributed by atoms with van der Waals surface area (Å²) >= 11 is 0. The van der Waals surface area contributed by atoms with Crippen LogP contribution in [-0.4, -0.2) is 71.5 Å². The van der Waals surface area contributed by atoms with Gasteiger partial charge in [0.2, 0.25) is 0 Å². The Morgan fingerprint density at radius 3 is 1.36 bits per heavy atom. The van der Waals surface area contributed by atoms with Crippen LogP contribution in [0.15, 0.2) is 61.2 Å². The van der Waals surface area contributed by atoms with Gasteiger partial charge in [-0.25, -0.2) is 9.59 Å². The first-order chi connectivity index (χ1) is 13.3. The molecule has 0 spiro atoms. The van der Waals surface area contributed by atoms with Gasteiger partial charge in [0.05, 0.1) is 13.1 Å². The van der Waals surface area contributed by atoms with Gasteiger partial charge in [-0.15, -0.1) is 0 Å². The Morgan fingerprint density at radius 1 is 0.750 bits per heavy atom. The molecule has 0 aromatic carbocycles. The van der Waals surface area contributed by atoms with Crippen LogP contribution >= 0.6 is 0 Å². The third kappa shape index (κ3) is 7.05. The molecule has 8 heteroatoms. The van der Waals surface area contributed by atoms with Crippen LogP contribution in [0.5, 0.6) is 0 Å². The van der Waals surface area contributed by atoms with Crippen LogP contribution in [0.3, 0.4) is 0 Å². The molecule has 0 amide bonds. The van der Waals surface area contributed by atoms with E-state index in [1.54, 1.807) is 9.80 Å². The van der Waals surface area contributed by atoms with Gasteiger partial charge in [-0.1, -0.05) is 0 Å². The van der Waals surface area contributed by atoms with Crippen molar-refractivity contribution in [1.82, 2.24) is 18.9 Å². The molecule has 0 aliphatic heterocycles. The molecule has 2 unspecified atom stereocenters. The van der Waals surface area contributed by atoms with E-state index in [2.05, 4.69) is 0 Å². The molecule has 0 N–H and O–H groups in total. The number of nitrogens with zero attached hydrogens (tertiary/aromatic N) is 4. The van der Waals surface area contributed by atoms with E-state index in [1.807, 2.05) is 86.4 Å². The normalized spacial score (nSPS) is 13.8. The molecule has 2 atom stereocenters. The number of hydrogen-bond acceptors (Lipinski definition) is 6. The predicted molar refractivity (Wildman–Crippen MR) is 105 cm³/mol. The van der Waals surface area contributed by atoms with E-state index in [0.717, 1.165) is 12.2 Å². The van der Waals surface area contributed by atoms with Crippen molar-refractivity contribution < 1.29 is 19.1 Å². The van der Waals surface area contributed by atoms with Crippen molar-refractivity contribution in [3.8, 4) is 0 Å². The topological polar surface area (TPSA) is 68.9 Å². The highest BCUT2D eigenvalue weighted by molar-refractivity contribution is 5.91. The second kappa shape index (κ2) is 10.5. The third-order valence-electron chi connectivity index (χ3n) is 4.08. The van der Waals surface area contributed by atoms with Crippen molar-refractivity contribution in [2.24, 2.45) is 0 Å². The number of hydrogen-bond donors (Lipinski definition) is 0. The molecule has 0 fully saturated rings. The van der Waals surface area contributed by atoms with E-state index >= 15 is 0 Å². The van der Waals surface area contributed by atoms with Crippen LogP contribution in [0, 0.1) is 0 Å². The molecule has 152 valence electrons. The standard InChI is InChI=1S/C20H28N4O4/c1-21(2)17(15-23-11-5-6-12-23)27-19(25)9-10-20(26)28-18(22(3)4)16-24-13-7-8-14-24/h5-14,17-18H,15-16H2,1-4H3/b10-9+. The minimum atomic E-state index is -0.602. The van der Waals surface area contributed by atoms with Crippen LogP contribution in [0.4, 0.5) is 0 Å². The number of esters is 2. The molecule has 0 radical (unpaired) electrons. The number of rotatable bonds is 10. The van der Waals surface area contributed by atoms with E-state index in [1.165, 1.54) is 0 Å². The van der Waals surface area contributed by atoms with E-state index in [-0.39, 0.29) is 0 Å². The van der Waals surface area contributed by atoms with Gasteiger partial charge in [0.25, 0.3) is 0 Å². The molecule has 2 aromatic heterocycles. The maximum Gasteiger partial charge on any atom is 0.332 e. The summed E-state index contributed by atoms with van der Waals surface area (Å²) in [6, 6.07) is 7.61. The number of likely N-dealkylation sites (N-methyl/N-ethyl adjacent to an activating group) is 2. The number of ether oxygens (including phenoxy) is 2. The van der Waals surface area contributed by atoms with E-state index in [9.17, 15) is 9.59 Å². The Labute approximate surface area is 165 Å². The monoisotopic (exact) mass is 388 g/mol. The lowest BCUT2D eigenvalue weighted by Gasteiger charge is -2.24. The second-order valence-electron chi connectivity index (χ2n) is 6.80. The molecule has 0 aliphatic carbocycles. The van der Waals surface area contributed by atoms with Crippen LogP contribution in [0.1, 0.15) is 0 Å². The van der Waals surface area contributed by atoms with Gasteiger partial charge in [-0.05, 0) is 52.5 Å². The third-order valence-corrected chi connectivity index (χ3v) is 4.08. The Morgan fingerprint density at radius 2 is 1.07 bits per heavy atom. The van der Waals surface area contributed by atoms with Crippen molar-refractivity contribution in [3.63, 3.8) is 0 Å². The highest BCUT2D eigenvalue weighted by atomic mass is 16.6. The fraction of sp³-hybridized carbons (Fsp3) is 0.400. The second-order valence-corrected chi connectivity index (χ2v) is 6.80. The van der Waals surface area contributed by atoms with Crippen LogP contribution in [-0.2, 0) is 32.2 Å². The van der Waals surface area contributed by atoms with Crippen molar-refractivity contribution in [1.29, 1.82) is 0 Å². The molecule has 8 nitrogen and oxygen atoms in total. The van der Waals surface area contributed by atoms with Gasteiger partial charge in [0.15, 0.2) is 12.5 Å². The highest BCUT2D eigenvalue weighted by Crippen LogP contribution is 2.05. The zero-order valence-corrected chi connectivity index (χ0v) is 16.8. The zero-order chi connectivity index (χ0) is 20.5. The smallest absolute Gasteiger partial charge is 0.332 e. The summed E-state index contributed by atoms with van der Waals surface area (Å²) < 4.78 is 14.7. The first-order valence-electron chi connectivity index (χ1n) is 8.99. The van der Waals surface area contributed by atoms with Crippen LogP contribution in [0.2, 0.25) is 0 Å². The Bertz CT molecular complexity index is 687. The fourth-order valence-electron chi connectivity index (χ4n) is 2.44. The summed E-state index contributed by atoms with van der Waals surface area (Å²) in [4.78, 5) is 27.8. The summed E-state index contributed by atoms with van der Waals surface area (Å²) in [5.74, 6) is -1.20. The molecule has 0 bridgehead atoms. The number of carbonyl (C=O) groups is 2. The minimum absolute atomic E-state index is 0.455. The summed E-state index contributed by atoms with van der Waals surface area (Å²) in [7, 11) is 7.29. The quantitative estimate of drug-likeness (QED) is 0.348. The summed E-state index contributed by atoms with van der Waals surface area (Å²) in [5.41, 5.74) is 0. The van der Waals surface area contributed by atoms with Gasteiger partial charge in [-0.2, -0.15) is 0 Å². The summed E-state index contributed by atoms with van der Waals surface area (Å²) in [5, 5.41) is 0. The van der Waals surface area contributed by atoms with Gasteiger partial charge in [0.1, 0.15) is 0 Å². The maximum absolute atomic E-state index is 12.1. The lowest BCUT2D eigenvalue weighted by atomic mass is 10.4.